The third-order valence-corrected chi connectivity index (χ3v) is 3.35. The zero-order valence-corrected chi connectivity index (χ0v) is 16.0. The van der Waals surface area contributed by atoms with Gasteiger partial charge in [0.15, 0.2) is 6.61 Å². The molecule has 1 aromatic carbocycles. The maximum absolute atomic E-state index is 12.0. The van der Waals surface area contributed by atoms with Crippen LogP contribution in [-0.2, 0) is 14.3 Å². The number of nitrogens with zero attached hydrogens (tertiary/aromatic N) is 2. The highest BCUT2D eigenvalue weighted by atomic mass is 16.6. The molecule has 148 valence electrons. The number of nitrogens with one attached hydrogen (secondary N) is 2. The van der Waals surface area contributed by atoms with E-state index in [4.69, 9.17) is 4.74 Å². The summed E-state index contributed by atoms with van der Waals surface area (Å²) in [5, 5.41) is 16.4. The highest BCUT2D eigenvalue weighted by Gasteiger charge is 2.21. The van der Waals surface area contributed by atoms with E-state index in [0.717, 1.165) is 11.0 Å². The van der Waals surface area contributed by atoms with Crippen molar-refractivity contribution in [2.75, 3.05) is 32.6 Å². The number of hydrogen-bond acceptors (Lipinski definition) is 7. The number of likely N-dealkylation sites (N-methyl/N-ethyl adjacent to an activating group) is 1. The Hall–Kier alpha value is -3.17. The van der Waals surface area contributed by atoms with Gasteiger partial charge in [0.1, 0.15) is 5.69 Å². The summed E-state index contributed by atoms with van der Waals surface area (Å²) in [4.78, 5) is 47.4. The maximum Gasteiger partial charge on any atom is 0.338 e. The summed E-state index contributed by atoms with van der Waals surface area (Å²) in [6.07, 6.45) is 0. The average Bonchev–Trinajstić information content (AvgIpc) is 2.56. The molecule has 2 N–H and O–H groups in total. The molecule has 0 fully saturated rings. The highest BCUT2D eigenvalue weighted by molar-refractivity contribution is 5.93. The fourth-order valence-corrected chi connectivity index (χ4v) is 2.10. The van der Waals surface area contributed by atoms with E-state index in [1.165, 1.54) is 26.2 Å². The molecule has 0 radical (unpaired) electrons. The van der Waals surface area contributed by atoms with Crippen LogP contribution < -0.4 is 10.6 Å². The van der Waals surface area contributed by atoms with Gasteiger partial charge in [-0.3, -0.25) is 19.7 Å². The van der Waals surface area contributed by atoms with Crippen LogP contribution in [0.5, 0.6) is 0 Å². The minimum absolute atomic E-state index is 0.0540. The van der Waals surface area contributed by atoms with Crippen LogP contribution in [-0.4, -0.2) is 60.4 Å². The van der Waals surface area contributed by atoms with Crippen molar-refractivity contribution in [2.24, 2.45) is 0 Å². The van der Waals surface area contributed by atoms with Crippen molar-refractivity contribution in [2.45, 2.75) is 26.3 Å². The third-order valence-electron chi connectivity index (χ3n) is 3.35. The van der Waals surface area contributed by atoms with Crippen LogP contribution in [0.1, 0.15) is 31.1 Å². The Morgan fingerprint density at radius 3 is 2.41 bits per heavy atom. The Balaban J connectivity index is 2.66. The number of anilines is 1. The van der Waals surface area contributed by atoms with E-state index >= 15 is 0 Å². The SMILES string of the molecule is CNc1ccc(C(=O)OCC(=O)N(C)CC(=O)NC(C)(C)C)cc1[N+](=O)[O-]. The van der Waals surface area contributed by atoms with Crippen molar-refractivity contribution in [3.63, 3.8) is 0 Å². The van der Waals surface area contributed by atoms with E-state index in [0.29, 0.717) is 0 Å². The number of rotatable bonds is 7. The zero-order valence-electron chi connectivity index (χ0n) is 16.0. The lowest BCUT2D eigenvalue weighted by Crippen LogP contribution is -2.46. The Morgan fingerprint density at radius 1 is 1.26 bits per heavy atom. The number of hydrogen-bond donors (Lipinski definition) is 2. The first kappa shape index (κ1) is 21.9. The molecule has 10 nitrogen and oxygen atoms in total. The normalized spacial score (nSPS) is 10.7. The van der Waals surface area contributed by atoms with E-state index in [1.54, 1.807) is 0 Å². The van der Waals surface area contributed by atoms with Gasteiger partial charge in [0.25, 0.3) is 11.6 Å². The summed E-state index contributed by atoms with van der Waals surface area (Å²) < 4.78 is 4.90. The van der Waals surface area contributed by atoms with Gasteiger partial charge in [-0.15, -0.1) is 0 Å². The van der Waals surface area contributed by atoms with Gasteiger partial charge in [-0.05, 0) is 32.9 Å². The van der Waals surface area contributed by atoms with Crippen molar-refractivity contribution in [3.05, 3.63) is 33.9 Å². The van der Waals surface area contributed by atoms with Crippen LogP contribution in [0.15, 0.2) is 18.2 Å². The van der Waals surface area contributed by atoms with Gasteiger partial charge in [-0.2, -0.15) is 0 Å². The van der Waals surface area contributed by atoms with Crippen molar-refractivity contribution in [1.29, 1.82) is 0 Å². The number of amides is 2. The van der Waals surface area contributed by atoms with Crippen LogP contribution in [0, 0.1) is 10.1 Å². The topological polar surface area (TPSA) is 131 Å². The first-order valence-electron chi connectivity index (χ1n) is 8.13. The lowest BCUT2D eigenvalue weighted by molar-refractivity contribution is -0.384. The first-order chi connectivity index (χ1) is 12.4. The molecule has 0 heterocycles. The second kappa shape index (κ2) is 8.97. The molecule has 0 aliphatic carbocycles. The maximum atomic E-state index is 12.0. The van der Waals surface area contributed by atoms with Crippen LogP contribution in [0.4, 0.5) is 11.4 Å². The molecule has 10 heteroatoms. The summed E-state index contributed by atoms with van der Waals surface area (Å²) in [7, 11) is 2.93. The predicted molar refractivity (Wildman–Crippen MR) is 98.5 cm³/mol. The van der Waals surface area contributed by atoms with Crippen molar-refractivity contribution in [1.82, 2.24) is 10.2 Å². The summed E-state index contributed by atoms with van der Waals surface area (Å²) in [5.41, 5.74) is -0.519. The van der Waals surface area contributed by atoms with Gasteiger partial charge in [0.2, 0.25) is 5.91 Å². The van der Waals surface area contributed by atoms with Crippen molar-refractivity contribution < 1.29 is 24.0 Å². The van der Waals surface area contributed by atoms with Gasteiger partial charge in [0.05, 0.1) is 17.0 Å². The van der Waals surface area contributed by atoms with E-state index in [1.807, 2.05) is 20.8 Å². The quantitative estimate of drug-likeness (QED) is 0.412. The molecule has 0 aliphatic rings. The number of carbonyl (C=O) groups excluding carboxylic acids is 3. The summed E-state index contributed by atoms with van der Waals surface area (Å²) in [6.45, 7) is 4.67. The predicted octanol–water partition coefficient (Wildman–Crippen LogP) is 1.17. The molecule has 0 aliphatic heterocycles. The van der Waals surface area contributed by atoms with Gasteiger partial charge in [-0.1, -0.05) is 0 Å². The summed E-state index contributed by atoms with van der Waals surface area (Å²) >= 11 is 0. The first-order valence-corrected chi connectivity index (χ1v) is 8.13. The fourth-order valence-electron chi connectivity index (χ4n) is 2.10. The van der Waals surface area contributed by atoms with E-state index in [-0.39, 0.29) is 29.4 Å². The molecular weight excluding hydrogens is 356 g/mol. The van der Waals surface area contributed by atoms with Crippen LogP contribution in [0.25, 0.3) is 0 Å². The number of nitro groups is 1. The Bertz CT molecular complexity index is 741. The molecule has 1 aromatic rings. The molecule has 27 heavy (non-hydrogen) atoms. The van der Waals surface area contributed by atoms with Gasteiger partial charge in [-0.25, -0.2) is 4.79 Å². The second-order valence-electron chi connectivity index (χ2n) is 6.86. The van der Waals surface area contributed by atoms with Crippen LogP contribution in [0.3, 0.4) is 0 Å². The fraction of sp³-hybridized carbons (Fsp3) is 0.471. The minimum atomic E-state index is -0.873. The van der Waals surface area contributed by atoms with Gasteiger partial charge in [0, 0.05) is 25.7 Å². The lowest BCUT2D eigenvalue weighted by Gasteiger charge is -2.23. The molecule has 0 bridgehead atoms. The van der Waals surface area contributed by atoms with E-state index < -0.39 is 28.9 Å². The number of benzene rings is 1. The van der Waals surface area contributed by atoms with Crippen molar-refractivity contribution in [3.8, 4) is 0 Å². The monoisotopic (exact) mass is 380 g/mol. The van der Waals surface area contributed by atoms with Gasteiger partial charge >= 0.3 is 5.97 Å². The smallest absolute Gasteiger partial charge is 0.338 e. The van der Waals surface area contributed by atoms with Crippen LogP contribution >= 0.6 is 0 Å². The molecular formula is C17H24N4O6. The molecule has 0 saturated carbocycles. The molecule has 0 saturated heterocycles. The number of ether oxygens (including phenoxy) is 1. The number of carbonyl (C=O) groups is 3. The highest BCUT2D eigenvalue weighted by Crippen LogP contribution is 2.25. The zero-order chi connectivity index (χ0) is 20.8. The number of nitro benzene ring substituents is 1. The standard InChI is InChI=1S/C17H24N4O6/c1-17(2,3)19-14(22)9-20(5)15(23)10-27-16(24)11-6-7-12(18-4)13(8-11)21(25)26/h6-8,18H,9-10H2,1-5H3,(H,19,22). The van der Waals surface area contributed by atoms with Gasteiger partial charge < -0.3 is 20.3 Å². The molecule has 0 atom stereocenters. The molecule has 0 unspecified atom stereocenters. The average molecular weight is 380 g/mol. The van der Waals surface area contributed by atoms with Crippen LogP contribution in [0.2, 0.25) is 0 Å². The third kappa shape index (κ3) is 6.92. The Kier molecular flexibility index (Phi) is 7.26. The lowest BCUT2D eigenvalue weighted by atomic mass is 10.1. The molecule has 0 aromatic heterocycles. The minimum Gasteiger partial charge on any atom is -0.452 e. The molecule has 1 rings (SSSR count). The van der Waals surface area contributed by atoms with Crippen molar-refractivity contribution >= 4 is 29.2 Å². The van der Waals surface area contributed by atoms with E-state index in [9.17, 15) is 24.5 Å². The Labute approximate surface area is 157 Å². The molecule has 2 amide bonds. The summed E-state index contributed by atoms with van der Waals surface area (Å²) in [5.74, 6) is -1.79. The summed E-state index contributed by atoms with van der Waals surface area (Å²) in [6, 6.07) is 3.80. The number of esters is 1. The Morgan fingerprint density at radius 2 is 1.89 bits per heavy atom. The largest absolute Gasteiger partial charge is 0.452 e. The van der Waals surface area contributed by atoms with E-state index in [2.05, 4.69) is 10.6 Å². The second-order valence-corrected chi connectivity index (χ2v) is 6.86. The molecule has 0 spiro atoms.